The number of nitrogens with zero attached hydrogens (tertiary/aromatic N) is 1. The van der Waals surface area contributed by atoms with E-state index >= 15 is 0 Å². The summed E-state index contributed by atoms with van der Waals surface area (Å²) in [6.07, 6.45) is 3.20. The van der Waals surface area contributed by atoms with Crippen molar-refractivity contribution in [3.8, 4) is 5.75 Å². The second-order valence-corrected chi connectivity index (χ2v) is 6.74. The quantitative estimate of drug-likeness (QED) is 0.908. The van der Waals surface area contributed by atoms with E-state index in [1.54, 1.807) is 0 Å². The number of likely N-dealkylation sites (N-methyl/N-ethyl adjacent to an activating group) is 1. The molecule has 2 N–H and O–H groups in total. The van der Waals surface area contributed by atoms with E-state index < -0.39 is 0 Å². The maximum atomic E-state index is 12.6. The average molecular weight is 286 g/mol. The smallest absolute Gasteiger partial charge is 0.175 e. The van der Waals surface area contributed by atoms with Gasteiger partial charge in [0.25, 0.3) is 0 Å². The van der Waals surface area contributed by atoms with Crippen LogP contribution in [-0.4, -0.2) is 43.0 Å². The van der Waals surface area contributed by atoms with Gasteiger partial charge in [0.05, 0.1) is 0 Å². The number of carbonyl (C=O) groups excluding carboxylic acids is 1. The summed E-state index contributed by atoms with van der Waals surface area (Å²) in [5.41, 5.74) is 8.19. The molecule has 1 aromatic carbocycles. The van der Waals surface area contributed by atoms with Crippen molar-refractivity contribution in [3.05, 3.63) is 29.3 Å². The molecule has 1 aromatic rings. The summed E-state index contributed by atoms with van der Waals surface area (Å²) in [7, 11) is 2.19. The van der Waals surface area contributed by atoms with Gasteiger partial charge in [-0.3, -0.25) is 4.79 Å². The molecule has 2 bridgehead atoms. The number of benzene rings is 1. The van der Waals surface area contributed by atoms with Gasteiger partial charge in [-0.05, 0) is 51.0 Å². The number of nitrogens with two attached hydrogens (primary N) is 1. The Kier molecular flexibility index (Phi) is 2.88. The van der Waals surface area contributed by atoms with Crippen LogP contribution in [0, 0.1) is 0 Å². The van der Waals surface area contributed by atoms with E-state index in [9.17, 15) is 4.79 Å². The third kappa shape index (κ3) is 1.72. The molecular weight excluding hydrogens is 264 g/mol. The Hall–Kier alpha value is -1.39. The molecule has 2 unspecified atom stereocenters. The largest absolute Gasteiger partial charge is 0.481 e. The zero-order chi connectivity index (χ0) is 14.6. The molecule has 1 saturated heterocycles. The van der Waals surface area contributed by atoms with Crippen LogP contribution in [0.2, 0.25) is 0 Å². The zero-order valence-corrected chi connectivity index (χ0v) is 12.5. The molecule has 0 aromatic heterocycles. The molecule has 3 aliphatic rings. The first-order valence-electron chi connectivity index (χ1n) is 7.88. The molecule has 112 valence electrons. The Morgan fingerprint density at radius 3 is 3.19 bits per heavy atom. The predicted octanol–water partition coefficient (Wildman–Crippen LogP) is 1.25. The zero-order valence-electron chi connectivity index (χ0n) is 12.5. The highest BCUT2D eigenvalue weighted by Gasteiger charge is 2.57. The normalized spacial score (nSPS) is 33.4. The highest BCUT2D eigenvalue weighted by atomic mass is 16.5. The molecule has 0 radical (unpaired) electrons. The number of hydrogen-bond donors (Lipinski definition) is 1. The summed E-state index contributed by atoms with van der Waals surface area (Å²) in [4.78, 5) is 15.0. The minimum Gasteiger partial charge on any atom is -0.481 e. The van der Waals surface area contributed by atoms with Gasteiger partial charge in [0.15, 0.2) is 11.9 Å². The summed E-state index contributed by atoms with van der Waals surface area (Å²) in [6.45, 7) is 1.44. The second kappa shape index (κ2) is 4.55. The summed E-state index contributed by atoms with van der Waals surface area (Å²) >= 11 is 0. The fourth-order valence-electron chi connectivity index (χ4n) is 4.61. The number of piperidine rings is 1. The lowest BCUT2D eigenvalue weighted by Crippen LogP contribution is -2.57. The van der Waals surface area contributed by atoms with Crippen LogP contribution in [0.15, 0.2) is 18.2 Å². The number of carbonyl (C=O) groups is 1. The molecule has 1 spiro atoms. The highest BCUT2D eigenvalue weighted by Crippen LogP contribution is 2.55. The molecule has 2 aliphatic heterocycles. The van der Waals surface area contributed by atoms with Crippen LogP contribution < -0.4 is 10.5 Å². The van der Waals surface area contributed by atoms with Crippen molar-refractivity contribution in [2.75, 3.05) is 20.1 Å². The Bertz CT molecular complexity index is 600. The molecule has 1 aliphatic carbocycles. The van der Waals surface area contributed by atoms with Crippen molar-refractivity contribution in [1.29, 1.82) is 0 Å². The standard InChI is InChI=1S/C17H22N2O2/c1-19-8-6-17-10-12(19)9-11-3-2-4-14(15(11)17)21-16(17)13(20)5-7-18/h2-4,12,16H,5-10,18H2,1H3/t12?,16-,17?/m0/s1. The van der Waals surface area contributed by atoms with Crippen LogP contribution in [0.4, 0.5) is 0 Å². The van der Waals surface area contributed by atoms with Gasteiger partial charge in [-0.15, -0.1) is 0 Å². The molecule has 2 heterocycles. The van der Waals surface area contributed by atoms with E-state index in [-0.39, 0.29) is 17.3 Å². The number of hydrogen-bond acceptors (Lipinski definition) is 4. The fourth-order valence-corrected chi connectivity index (χ4v) is 4.61. The highest BCUT2D eigenvalue weighted by molar-refractivity contribution is 5.87. The monoisotopic (exact) mass is 286 g/mol. The third-order valence-corrected chi connectivity index (χ3v) is 5.63. The van der Waals surface area contributed by atoms with Crippen molar-refractivity contribution < 1.29 is 9.53 Å². The van der Waals surface area contributed by atoms with Gasteiger partial charge < -0.3 is 15.4 Å². The lowest BCUT2D eigenvalue weighted by atomic mass is 9.61. The summed E-state index contributed by atoms with van der Waals surface area (Å²) in [5.74, 6) is 1.11. The molecule has 4 rings (SSSR count). The molecule has 4 nitrogen and oxygen atoms in total. The van der Waals surface area contributed by atoms with E-state index in [4.69, 9.17) is 10.5 Å². The van der Waals surface area contributed by atoms with Gasteiger partial charge in [0.2, 0.25) is 0 Å². The molecule has 0 saturated carbocycles. The van der Waals surface area contributed by atoms with Crippen molar-refractivity contribution >= 4 is 5.78 Å². The van der Waals surface area contributed by atoms with Crippen molar-refractivity contribution in [3.63, 3.8) is 0 Å². The lowest BCUT2D eigenvalue weighted by molar-refractivity contribution is -0.129. The number of likely N-dealkylation sites (tertiary alicyclic amines) is 1. The average Bonchev–Trinajstić information content (AvgIpc) is 2.80. The predicted molar refractivity (Wildman–Crippen MR) is 80.6 cm³/mol. The first-order chi connectivity index (χ1) is 10.2. The second-order valence-electron chi connectivity index (χ2n) is 6.74. The van der Waals surface area contributed by atoms with Crippen LogP contribution in [0.1, 0.15) is 30.4 Å². The molecule has 0 amide bonds. The van der Waals surface area contributed by atoms with E-state index in [2.05, 4.69) is 24.1 Å². The summed E-state index contributed by atoms with van der Waals surface area (Å²) < 4.78 is 6.13. The minimum absolute atomic E-state index is 0.104. The van der Waals surface area contributed by atoms with Crippen molar-refractivity contribution in [2.24, 2.45) is 5.73 Å². The Labute approximate surface area is 125 Å². The Morgan fingerprint density at radius 1 is 1.52 bits per heavy atom. The van der Waals surface area contributed by atoms with Crippen LogP contribution in [0.25, 0.3) is 0 Å². The summed E-state index contributed by atoms with van der Waals surface area (Å²) in [5, 5.41) is 0. The number of rotatable bonds is 3. The number of Topliss-reactive ketones (excluding diaryl/α,β-unsaturated/α-hetero) is 1. The first-order valence-corrected chi connectivity index (χ1v) is 7.88. The number of ether oxygens (including phenoxy) is 1. The molecule has 4 heteroatoms. The summed E-state index contributed by atoms with van der Waals surface area (Å²) in [6, 6.07) is 6.81. The maximum Gasteiger partial charge on any atom is 0.175 e. The molecule has 3 atom stereocenters. The van der Waals surface area contributed by atoms with E-state index in [1.807, 2.05) is 6.07 Å². The van der Waals surface area contributed by atoms with E-state index in [1.165, 1.54) is 11.1 Å². The van der Waals surface area contributed by atoms with E-state index in [0.29, 0.717) is 19.0 Å². The van der Waals surface area contributed by atoms with Crippen molar-refractivity contribution in [2.45, 2.75) is 43.2 Å². The minimum atomic E-state index is -0.325. The maximum absolute atomic E-state index is 12.6. The van der Waals surface area contributed by atoms with Gasteiger partial charge in [0, 0.05) is 23.4 Å². The van der Waals surface area contributed by atoms with Crippen LogP contribution in [0.3, 0.4) is 0 Å². The molecular formula is C17H22N2O2. The number of fused-ring (bicyclic) bond motifs is 1. The topological polar surface area (TPSA) is 55.6 Å². The fraction of sp³-hybridized carbons (Fsp3) is 0.588. The van der Waals surface area contributed by atoms with Crippen LogP contribution >= 0.6 is 0 Å². The Morgan fingerprint density at radius 2 is 2.38 bits per heavy atom. The number of ketones is 1. The van der Waals surface area contributed by atoms with Gasteiger partial charge >= 0.3 is 0 Å². The first kappa shape index (κ1) is 13.3. The van der Waals surface area contributed by atoms with Gasteiger partial charge in [-0.25, -0.2) is 0 Å². The van der Waals surface area contributed by atoms with Crippen molar-refractivity contribution in [1.82, 2.24) is 4.90 Å². The molecule has 21 heavy (non-hydrogen) atoms. The Balaban J connectivity index is 1.84. The van der Waals surface area contributed by atoms with Crippen LogP contribution in [-0.2, 0) is 16.6 Å². The SMILES string of the molecule is CN1CCC23CC1Cc1cccc(c12)O[C@H]3C(=O)CCN. The third-order valence-electron chi connectivity index (χ3n) is 5.63. The van der Waals surface area contributed by atoms with E-state index in [0.717, 1.165) is 31.6 Å². The van der Waals surface area contributed by atoms with Gasteiger partial charge in [-0.1, -0.05) is 12.1 Å². The van der Waals surface area contributed by atoms with Gasteiger partial charge in [-0.2, -0.15) is 0 Å². The lowest BCUT2D eigenvalue weighted by Gasteiger charge is -2.49. The van der Waals surface area contributed by atoms with Crippen LogP contribution in [0.5, 0.6) is 5.75 Å². The molecule has 1 fully saturated rings. The van der Waals surface area contributed by atoms with Gasteiger partial charge in [0.1, 0.15) is 5.75 Å².